The van der Waals surface area contributed by atoms with E-state index in [1.54, 1.807) is 7.11 Å². The average Bonchev–Trinajstić information content (AvgIpc) is 3.01. The molecule has 3 rings (SSSR count). The van der Waals surface area contributed by atoms with Crippen LogP contribution in [0.3, 0.4) is 0 Å². The van der Waals surface area contributed by atoms with E-state index in [0.717, 1.165) is 56.8 Å². The summed E-state index contributed by atoms with van der Waals surface area (Å²) in [5, 5.41) is 3.36. The third-order valence-electron chi connectivity index (χ3n) is 5.89. The summed E-state index contributed by atoms with van der Waals surface area (Å²) in [5.74, 6) is 0.850. The normalized spacial score (nSPS) is 23.4. The minimum absolute atomic E-state index is 0.144. The van der Waals surface area contributed by atoms with Gasteiger partial charge in [-0.1, -0.05) is 31.5 Å². The molecule has 6 nitrogen and oxygen atoms in total. The van der Waals surface area contributed by atoms with Crippen LogP contribution in [-0.2, 0) is 9.59 Å². The molecule has 154 valence electrons. The first kappa shape index (κ1) is 20.6. The van der Waals surface area contributed by atoms with Crippen LogP contribution in [-0.4, -0.2) is 61.4 Å². The number of rotatable bonds is 6. The zero-order valence-corrected chi connectivity index (χ0v) is 17.2. The first-order valence-corrected chi connectivity index (χ1v) is 10.6. The summed E-state index contributed by atoms with van der Waals surface area (Å²) in [4.78, 5) is 30.3. The summed E-state index contributed by atoms with van der Waals surface area (Å²) in [6.45, 7) is 6.10. The fourth-order valence-corrected chi connectivity index (χ4v) is 4.40. The highest BCUT2D eigenvalue weighted by Crippen LogP contribution is 2.41. The standard InChI is InChI=1S/C22H33N3O3/c1-3-4-15-25-20(26)11-10-18(22(27)24-14-7-12-23-13-16-24)21(25)17-8-5-6-9-19(17)28-2/h5-6,8-9,18,21,23H,3-4,7,10-16H2,1-2H3/t18-,21+/m1/s1. The van der Waals surface area contributed by atoms with Crippen molar-refractivity contribution in [3.63, 3.8) is 0 Å². The van der Waals surface area contributed by atoms with E-state index in [9.17, 15) is 9.59 Å². The second kappa shape index (κ2) is 9.92. The van der Waals surface area contributed by atoms with Crippen molar-refractivity contribution in [2.24, 2.45) is 5.92 Å². The topological polar surface area (TPSA) is 61.9 Å². The van der Waals surface area contributed by atoms with Crippen LogP contribution < -0.4 is 10.1 Å². The number of hydrogen-bond acceptors (Lipinski definition) is 4. The molecule has 2 aliphatic rings. The number of amides is 2. The number of nitrogens with zero attached hydrogens (tertiary/aromatic N) is 2. The van der Waals surface area contributed by atoms with Crippen LogP contribution in [0.25, 0.3) is 0 Å². The molecule has 0 spiro atoms. The van der Waals surface area contributed by atoms with Gasteiger partial charge in [0.05, 0.1) is 19.1 Å². The number of carbonyl (C=O) groups excluding carboxylic acids is 2. The molecule has 6 heteroatoms. The van der Waals surface area contributed by atoms with Gasteiger partial charge >= 0.3 is 0 Å². The quantitative estimate of drug-likeness (QED) is 0.815. The fraction of sp³-hybridized carbons (Fsp3) is 0.636. The number of carbonyl (C=O) groups is 2. The second-order valence-electron chi connectivity index (χ2n) is 7.70. The molecule has 2 aliphatic heterocycles. The fourth-order valence-electron chi connectivity index (χ4n) is 4.40. The maximum absolute atomic E-state index is 13.5. The van der Waals surface area contributed by atoms with Crippen molar-refractivity contribution in [1.29, 1.82) is 0 Å². The van der Waals surface area contributed by atoms with Crippen LogP contribution in [0, 0.1) is 5.92 Å². The Morgan fingerprint density at radius 3 is 2.86 bits per heavy atom. The minimum atomic E-state index is -0.257. The van der Waals surface area contributed by atoms with Crippen LogP contribution in [0.4, 0.5) is 0 Å². The Morgan fingerprint density at radius 1 is 1.25 bits per heavy atom. The molecule has 0 radical (unpaired) electrons. The summed E-state index contributed by atoms with van der Waals surface area (Å²) >= 11 is 0. The maximum atomic E-state index is 13.5. The Kier molecular flexibility index (Phi) is 7.31. The van der Waals surface area contributed by atoms with E-state index < -0.39 is 0 Å². The molecule has 1 aromatic rings. The van der Waals surface area contributed by atoms with Gasteiger partial charge in [0, 0.05) is 38.2 Å². The van der Waals surface area contributed by atoms with Crippen LogP contribution in [0.15, 0.2) is 24.3 Å². The number of nitrogens with one attached hydrogen (secondary N) is 1. The highest BCUT2D eigenvalue weighted by molar-refractivity contribution is 5.85. The number of unbranched alkanes of at least 4 members (excludes halogenated alkanes) is 1. The molecule has 0 saturated carbocycles. The van der Waals surface area contributed by atoms with Crippen molar-refractivity contribution in [2.75, 3.05) is 39.8 Å². The monoisotopic (exact) mass is 387 g/mol. The Labute approximate surface area is 168 Å². The van der Waals surface area contributed by atoms with Gasteiger partial charge in [0.15, 0.2) is 0 Å². The molecule has 28 heavy (non-hydrogen) atoms. The van der Waals surface area contributed by atoms with E-state index in [1.807, 2.05) is 34.1 Å². The lowest BCUT2D eigenvalue weighted by atomic mass is 9.82. The molecule has 2 fully saturated rings. The summed E-state index contributed by atoms with van der Waals surface area (Å²) in [6, 6.07) is 7.56. The van der Waals surface area contributed by atoms with Gasteiger partial charge in [-0.15, -0.1) is 0 Å². The predicted molar refractivity (Wildman–Crippen MR) is 109 cm³/mol. The molecule has 0 bridgehead atoms. The van der Waals surface area contributed by atoms with E-state index in [1.165, 1.54) is 0 Å². The van der Waals surface area contributed by atoms with E-state index in [0.29, 0.717) is 19.4 Å². The molecule has 1 aromatic carbocycles. The van der Waals surface area contributed by atoms with Crippen LogP contribution >= 0.6 is 0 Å². The third-order valence-corrected chi connectivity index (χ3v) is 5.89. The van der Waals surface area contributed by atoms with Crippen molar-refractivity contribution < 1.29 is 14.3 Å². The lowest BCUT2D eigenvalue weighted by Gasteiger charge is -2.42. The molecule has 2 saturated heterocycles. The molecule has 0 unspecified atom stereocenters. The number of piperidine rings is 1. The van der Waals surface area contributed by atoms with Gasteiger partial charge in [0.1, 0.15) is 5.75 Å². The number of likely N-dealkylation sites (tertiary alicyclic amines) is 1. The van der Waals surface area contributed by atoms with Gasteiger partial charge in [0.25, 0.3) is 0 Å². The molecular formula is C22H33N3O3. The predicted octanol–water partition coefficient (Wildman–Crippen LogP) is 2.60. The summed E-state index contributed by atoms with van der Waals surface area (Å²) in [5.41, 5.74) is 0.945. The number of methoxy groups -OCH3 is 1. The molecular weight excluding hydrogens is 354 g/mol. The minimum Gasteiger partial charge on any atom is -0.496 e. The molecule has 2 heterocycles. The van der Waals surface area contributed by atoms with Crippen molar-refractivity contribution in [3.05, 3.63) is 29.8 Å². The number of ether oxygens (including phenoxy) is 1. The Morgan fingerprint density at radius 2 is 2.07 bits per heavy atom. The number of hydrogen-bond donors (Lipinski definition) is 1. The highest BCUT2D eigenvalue weighted by atomic mass is 16.5. The Hall–Kier alpha value is -2.08. The zero-order valence-electron chi connectivity index (χ0n) is 17.2. The van der Waals surface area contributed by atoms with Crippen LogP contribution in [0.2, 0.25) is 0 Å². The van der Waals surface area contributed by atoms with E-state index in [2.05, 4.69) is 12.2 Å². The second-order valence-corrected chi connectivity index (χ2v) is 7.70. The van der Waals surface area contributed by atoms with E-state index in [4.69, 9.17) is 4.74 Å². The van der Waals surface area contributed by atoms with Gasteiger partial charge in [-0.3, -0.25) is 9.59 Å². The lowest BCUT2D eigenvalue weighted by molar-refractivity contribution is -0.148. The molecule has 2 atom stereocenters. The van der Waals surface area contributed by atoms with Crippen LogP contribution in [0.5, 0.6) is 5.75 Å². The first-order chi connectivity index (χ1) is 13.7. The first-order valence-electron chi connectivity index (χ1n) is 10.6. The number of para-hydroxylation sites is 1. The molecule has 1 N–H and O–H groups in total. The molecule has 2 amide bonds. The zero-order chi connectivity index (χ0) is 19.9. The summed E-state index contributed by atoms with van der Waals surface area (Å²) in [7, 11) is 1.65. The summed E-state index contributed by atoms with van der Waals surface area (Å²) < 4.78 is 5.61. The van der Waals surface area contributed by atoms with Gasteiger partial charge in [-0.25, -0.2) is 0 Å². The van der Waals surface area contributed by atoms with Crippen molar-refractivity contribution in [1.82, 2.24) is 15.1 Å². The molecule has 0 aliphatic carbocycles. The van der Waals surface area contributed by atoms with E-state index in [-0.39, 0.29) is 23.8 Å². The van der Waals surface area contributed by atoms with Crippen molar-refractivity contribution >= 4 is 11.8 Å². The summed E-state index contributed by atoms with van der Waals surface area (Å²) in [6.07, 6.45) is 3.96. The average molecular weight is 388 g/mol. The van der Waals surface area contributed by atoms with Gasteiger partial charge in [0.2, 0.25) is 11.8 Å². The van der Waals surface area contributed by atoms with Crippen molar-refractivity contribution in [2.45, 2.75) is 45.1 Å². The smallest absolute Gasteiger partial charge is 0.228 e. The largest absolute Gasteiger partial charge is 0.496 e. The van der Waals surface area contributed by atoms with Gasteiger partial charge < -0.3 is 19.9 Å². The Balaban J connectivity index is 1.95. The molecule has 0 aromatic heterocycles. The lowest BCUT2D eigenvalue weighted by Crippen LogP contribution is -2.50. The van der Waals surface area contributed by atoms with E-state index >= 15 is 0 Å². The number of benzene rings is 1. The Bertz CT molecular complexity index is 671. The van der Waals surface area contributed by atoms with Crippen LogP contribution in [0.1, 0.15) is 50.6 Å². The van der Waals surface area contributed by atoms with Gasteiger partial charge in [-0.2, -0.15) is 0 Å². The highest BCUT2D eigenvalue weighted by Gasteiger charge is 2.42. The van der Waals surface area contributed by atoms with Crippen molar-refractivity contribution in [3.8, 4) is 5.75 Å². The SMILES string of the molecule is CCCCN1C(=O)CC[C@@H](C(=O)N2CCCNCC2)[C@@H]1c1ccccc1OC. The third kappa shape index (κ3) is 4.49. The maximum Gasteiger partial charge on any atom is 0.228 e. The van der Waals surface area contributed by atoms with Gasteiger partial charge in [-0.05, 0) is 31.9 Å².